The molecular formula is C24H22N2O4. The Morgan fingerprint density at radius 2 is 1.60 bits per heavy atom. The maximum Gasteiger partial charge on any atom is 0.258 e. The summed E-state index contributed by atoms with van der Waals surface area (Å²) in [5.41, 5.74) is 4.28. The number of benzene rings is 3. The van der Waals surface area contributed by atoms with Gasteiger partial charge in [-0.2, -0.15) is 0 Å². The molecule has 0 aliphatic carbocycles. The highest BCUT2D eigenvalue weighted by Crippen LogP contribution is 2.31. The fourth-order valence-electron chi connectivity index (χ4n) is 3.37. The lowest BCUT2D eigenvalue weighted by atomic mass is 10.1. The van der Waals surface area contributed by atoms with E-state index in [-0.39, 0.29) is 25.0 Å². The third-order valence-electron chi connectivity index (χ3n) is 4.91. The van der Waals surface area contributed by atoms with Crippen molar-refractivity contribution in [1.29, 1.82) is 0 Å². The maximum atomic E-state index is 12.2. The topological polar surface area (TPSA) is 80.6 Å². The molecule has 6 heteroatoms. The molecule has 0 spiro atoms. The summed E-state index contributed by atoms with van der Waals surface area (Å²) >= 11 is 0. The highest BCUT2D eigenvalue weighted by atomic mass is 16.5. The van der Waals surface area contributed by atoms with Gasteiger partial charge >= 0.3 is 0 Å². The van der Waals surface area contributed by atoms with Crippen molar-refractivity contribution in [3.05, 3.63) is 71.8 Å². The predicted octanol–water partition coefficient (Wildman–Crippen LogP) is 4.34. The minimum atomic E-state index is -0.371. The molecule has 30 heavy (non-hydrogen) atoms. The van der Waals surface area contributed by atoms with Crippen LogP contribution < -0.4 is 15.4 Å². The van der Waals surface area contributed by atoms with Gasteiger partial charge in [-0.05, 0) is 49.2 Å². The molecule has 0 saturated carbocycles. The number of aryl methyl sites for hydroxylation is 2. The van der Waals surface area contributed by atoms with E-state index in [1.165, 1.54) is 0 Å². The summed E-state index contributed by atoms with van der Waals surface area (Å²) in [5, 5.41) is 7.33. The van der Waals surface area contributed by atoms with Crippen molar-refractivity contribution in [2.45, 2.75) is 13.8 Å². The van der Waals surface area contributed by atoms with Crippen molar-refractivity contribution in [2.75, 3.05) is 18.5 Å². The molecule has 0 bridgehead atoms. The van der Waals surface area contributed by atoms with Crippen LogP contribution in [0.3, 0.4) is 0 Å². The van der Waals surface area contributed by atoms with Gasteiger partial charge in [-0.25, -0.2) is 0 Å². The molecule has 2 amide bonds. The summed E-state index contributed by atoms with van der Waals surface area (Å²) in [7, 11) is 0. The van der Waals surface area contributed by atoms with Crippen LogP contribution in [0.25, 0.3) is 21.9 Å². The number of fused-ring (bicyclic) bond motifs is 3. The largest absolute Gasteiger partial charge is 0.484 e. The van der Waals surface area contributed by atoms with Crippen molar-refractivity contribution in [3.63, 3.8) is 0 Å². The average Bonchev–Trinajstić information content (AvgIpc) is 3.11. The molecule has 4 rings (SSSR count). The normalized spacial score (nSPS) is 10.9. The van der Waals surface area contributed by atoms with E-state index in [1.807, 2.05) is 68.4 Å². The van der Waals surface area contributed by atoms with Gasteiger partial charge in [0, 0.05) is 16.5 Å². The molecule has 0 aliphatic heterocycles. The maximum absolute atomic E-state index is 12.2. The molecule has 0 saturated heterocycles. The molecular weight excluding hydrogens is 380 g/mol. The summed E-state index contributed by atoms with van der Waals surface area (Å²) in [4.78, 5) is 24.3. The first-order valence-electron chi connectivity index (χ1n) is 9.68. The van der Waals surface area contributed by atoms with Gasteiger partial charge in [0.25, 0.3) is 5.91 Å². The molecule has 4 aromatic rings. The smallest absolute Gasteiger partial charge is 0.258 e. The van der Waals surface area contributed by atoms with E-state index in [4.69, 9.17) is 9.15 Å². The van der Waals surface area contributed by atoms with Crippen LogP contribution in [-0.2, 0) is 9.59 Å². The third-order valence-corrected chi connectivity index (χ3v) is 4.91. The van der Waals surface area contributed by atoms with Crippen molar-refractivity contribution in [1.82, 2.24) is 5.32 Å². The number of para-hydroxylation sites is 2. The lowest BCUT2D eigenvalue weighted by Gasteiger charge is -2.12. The summed E-state index contributed by atoms with van der Waals surface area (Å²) in [6.07, 6.45) is 0. The second kappa shape index (κ2) is 8.29. The minimum Gasteiger partial charge on any atom is -0.484 e. The Hall–Kier alpha value is -3.80. The number of amides is 2. The summed E-state index contributed by atoms with van der Waals surface area (Å²) in [5.74, 6) is -0.0972. The van der Waals surface area contributed by atoms with Crippen molar-refractivity contribution >= 4 is 39.4 Å². The Morgan fingerprint density at radius 3 is 2.40 bits per heavy atom. The monoisotopic (exact) mass is 402 g/mol. The predicted molar refractivity (Wildman–Crippen MR) is 117 cm³/mol. The number of anilines is 1. The summed E-state index contributed by atoms with van der Waals surface area (Å²) in [6.45, 7) is 3.55. The van der Waals surface area contributed by atoms with Crippen LogP contribution in [0.4, 0.5) is 5.69 Å². The SMILES string of the molecule is Cc1cccc(C)c1NC(=O)CNC(=O)COc1ccc2oc3ccccc3c2c1. The second-order valence-corrected chi connectivity index (χ2v) is 7.14. The number of ether oxygens (including phenoxy) is 1. The molecule has 0 unspecified atom stereocenters. The van der Waals surface area contributed by atoms with Gasteiger partial charge in [0.2, 0.25) is 5.91 Å². The van der Waals surface area contributed by atoms with Crippen LogP contribution in [0.2, 0.25) is 0 Å². The molecule has 0 aliphatic rings. The second-order valence-electron chi connectivity index (χ2n) is 7.14. The van der Waals surface area contributed by atoms with E-state index in [2.05, 4.69) is 10.6 Å². The number of nitrogens with one attached hydrogen (secondary N) is 2. The molecule has 152 valence electrons. The van der Waals surface area contributed by atoms with E-state index in [0.717, 1.165) is 38.8 Å². The standard InChI is InChI=1S/C24H22N2O4/c1-15-6-5-7-16(2)24(15)26-22(27)13-25-23(28)14-29-17-10-11-21-19(12-17)18-8-3-4-9-20(18)30-21/h3-12H,13-14H2,1-2H3,(H,25,28)(H,26,27). The number of hydrogen-bond acceptors (Lipinski definition) is 4. The Morgan fingerprint density at radius 1 is 0.867 bits per heavy atom. The first-order valence-corrected chi connectivity index (χ1v) is 9.68. The molecule has 3 aromatic carbocycles. The lowest BCUT2D eigenvalue weighted by Crippen LogP contribution is -2.36. The lowest BCUT2D eigenvalue weighted by molar-refractivity contribution is -0.125. The molecule has 2 N–H and O–H groups in total. The number of hydrogen-bond donors (Lipinski definition) is 2. The van der Waals surface area contributed by atoms with Crippen LogP contribution in [0, 0.1) is 13.8 Å². The van der Waals surface area contributed by atoms with Crippen LogP contribution >= 0.6 is 0 Å². The number of carbonyl (C=O) groups is 2. The number of rotatable bonds is 6. The Bertz CT molecular complexity index is 1220. The number of carbonyl (C=O) groups excluding carboxylic acids is 2. The van der Waals surface area contributed by atoms with Gasteiger partial charge in [0.05, 0.1) is 6.54 Å². The fourth-order valence-corrected chi connectivity index (χ4v) is 3.37. The van der Waals surface area contributed by atoms with Gasteiger partial charge in [-0.3, -0.25) is 9.59 Å². The summed E-state index contributed by atoms with van der Waals surface area (Å²) in [6, 6.07) is 19.0. The highest BCUT2D eigenvalue weighted by molar-refractivity contribution is 6.05. The zero-order valence-corrected chi connectivity index (χ0v) is 16.8. The minimum absolute atomic E-state index is 0.124. The first-order chi connectivity index (χ1) is 14.5. The average molecular weight is 402 g/mol. The van der Waals surface area contributed by atoms with Gasteiger partial charge < -0.3 is 19.8 Å². The van der Waals surface area contributed by atoms with E-state index < -0.39 is 0 Å². The molecule has 6 nitrogen and oxygen atoms in total. The molecule has 0 radical (unpaired) electrons. The van der Waals surface area contributed by atoms with Crippen molar-refractivity contribution in [3.8, 4) is 5.75 Å². The highest BCUT2D eigenvalue weighted by Gasteiger charge is 2.11. The van der Waals surface area contributed by atoms with Crippen molar-refractivity contribution in [2.24, 2.45) is 0 Å². The zero-order chi connectivity index (χ0) is 21.1. The van der Waals surface area contributed by atoms with Crippen LogP contribution in [-0.4, -0.2) is 25.0 Å². The van der Waals surface area contributed by atoms with Crippen LogP contribution in [0.5, 0.6) is 5.75 Å². The fraction of sp³-hybridized carbons (Fsp3) is 0.167. The molecule has 0 fully saturated rings. The Balaban J connectivity index is 1.32. The molecule has 0 atom stereocenters. The third kappa shape index (κ3) is 4.12. The van der Waals surface area contributed by atoms with E-state index in [1.54, 1.807) is 6.07 Å². The van der Waals surface area contributed by atoms with Gasteiger partial charge in [-0.15, -0.1) is 0 Å². The molecule has 1 aromatic heterocycles. The van der Waals surface area contributed by atoms with E-state index in [0.29, 0.717) is 5.75 Å². The van der Waals surface area contributed by atoms with Gasteiger partial charge in [0.15, 0.2) is 6.61 Å². The quantitative estimate of drug-likeness (QED) is 0.503. The van der Waals surface area contributed by atoms with Crippen LogP contribution in [0.1, 0.15) is 11.1 Å². The van der Waals surface area contributed by atoms with E-state index >= 15 is 0 Å². The molecule has 1 heterocycles. The zero-order valence-electron chi connectivity index (χ0n) is 16.8. The first kappa shape index (κ1) is 19.5. The number of furan rings is 1. The Kier molecular flexibility index (Phi) is 5.39. The summed E-state index contributed by atoms with van der Waals surface area (Å²) < 4.78 is 11.4. The van der Waals surface area contributed by atoms with Crippen molar-refractivity contribution < 1.29 is 18.7 Å². The van der Waals surface area contributed by atoms with Gasteiger partial charge in [-0.1, -0.05) is 36.4 Å². The van der Waals surface area contributed by atoms with E-state index in [9.17, 15) is 9.59 Å². The Labute approximate surface area is 173 Å². The van der Waals surface area contributed by atoms with Crippen LogP contribution in [0.15, 0.2) is 65.1 Å². The van der Waals surface area contributed by atoms with Gasteiger partial charge in [0.1, 0.15) is 16.9 Å².